The highest BCUT2D eigenvalue weighted by atomic mass is 19.4. The number of rotatable bonds is 5. The minimum Gasteiger partial charge on any atom is -0.447 e. The summed E-state index contributed by atoms with van der Waals surface area (Å²) in [6.07, 6.45) is -6.19. The van der Waals surface area contributed by atoms with Gasteiger partial charge >= 0.3 is 12.1 Å². The molecule has 1 aliphatic rings. The first-order valence-corrected chi connectivity index (χ1v) is 10.6. The minimum atomic E-state index is -4.73. The molecule has 0 N–H and O–H groups in total. The Balaban J connectivity index is 1.59. The largest absolute Gasteiger partial charge is 0.453 e. The van der Waals surface area contributed by atoms with Crippen molar-refractivity contribution in [2.75, 3.05) is 26.3 Å². The zero-order valence-electron chi connectivity index (χ0n) is 18.5. The second-order valence-corrected chi connectivity index (χ2v) is 7.80. The van der Waals surface area contributed by atoms with Gasteiger partial charge in [-0.25, -0.2) is 9.50 Å². The van der Waals surface area contributed by atoms with Crippen molar-refractivity contribution in [2.45, 2.75) is 32.5 Å². The number of esters is 1. The number of hydrogen-bond acceptors (Lipinski definition) is 7. The van der Waals surface area contributed by atoms with Gasteiger partial charge in [-0.3, -0.25) is 9.59 Å². The molecule has 0 unspecified atom stereocenters. The van der Waals surface area contributed by atoms with E-state index in [4.69, 9.17) is 9.47 Å². The van der Waals surface area contributed by atoms with E-state index in [1.165, 1.54) is 6.92 Å². The number of halogens is 3. The predicted octanol–water partition coefficient (Wildman–Crippen LogP) is 2.45. The molecular formula is C22H22F3N5O4. The summed E-state index contributed by atoms with van der Waals surface area (Å²) in [7, 11) is 0. The Morgan fingerprint density at radius 1 is 1.12 bits per heavy atom. The zero-order chi connectivity index (χ0) is 24.5. The molecule has 2 aromatic heterocycles. The fourth-order valence-corrected chi connectivity index (χ4v) is 3.74. The summed E-state index contributed by atoms with van der Waals surface area (Å²) >= 11 is 0. The van der Waals surface area contributed by atoms with Gasteiger partial charge in [0.25, 0.3) is 17.5 Å². The third-order valence-corrected chi connectivity index (χ3v) is 5.52. The number of alkyl halides is 3. The summed E-state index contributed by atoms with van der Waals surface area (Å²) in [4.78, 5) is 35.1. The van der Waals surface area contributed by atoms with Crippen molar-refractivity contribution >= 4 is 17.7 Å². The molecule has 9 nitrogen and oxygen atoms in total. The number of carbonyl (C=O) groups excluding carboxylic acids is 2. The number of benzene rings is 1. The molecule has 4 rings (SSSR count). The van der Waals surface area contributed by atoms with Crippen molar-refractivity contribution in [1.82, 2.24) is 24.5 Å². The number of morpholine rings is 1. The number of aromatic nitrogens is 4. The fourth-order valence-electron chi connectivity index (χ4n) is 3.74. The van der Waals surface area contributed by atoms with Crippen LogP contribution in [0.25, 0.3) is 5.78 Å². The summed E-state index contributed by atoms with van der Waals surface area (Å²) in [6.45, 7) is 4.63. The van der Waals surface area contributed by atoms with E-state index in [1.807, 2.05) is 0 Å². The van der Waals surface area contributed by atoms with Gasteiger partial charge in [-0.2, -0.15) is 18.2 Å². The van der Waals surface area contributed by atoms with Crippen molar-refractivity contribution in [3.05, 3.63) is 58.7 Å². The molecule has 1 amide bonds. The highest BCUT2D eigenvalue weighted by molar-refractivity contribution is 5.85. The van der Waals surface area contributed by atoms with Crippen LogP contribution in [0.1, 0.15) is 34.4 Å². The van der Waals surface area contributed by atoms with E-state index in [2.05, 4.69) is 15.1 Å². The summed E-state index contributed by atoms with van der Waals surface area (Å²) in [5.74, 6) is -2.62. The maximum atomic E-state index is 13.1. The van der Waals surface area contributed by atoms with Crippen LogP contribution in [0.15, 0.2) is 30.3 Å². The van der Waals surface area contributed by atoms with E-state index >= 15 is 0 Å². The van der Waals surface area contributed by atoms with Gasteiger partial charge in [-0.15, -0.1) is 5.10 Å². The molecule has 3 aromatic rings. The van der Waals surface area contributed by atoms with Crippen molar-refractivity contribution in [3.63, 3.8) is 0 Å². The second-order valence-electron chi connectivity index (χ2n) is 7.80. The van der Waals surface area contributed by atoms with Gasteiger partial charge in [0.05, 0.1) is 19.6 Å². The van der Waals surface area contributed by atoms with Gasteiger partial charge in [-0.1, -0.05) is 30.3 Å². The molecule has 1 saturated heterocycles. The van der Waals surface area contributed by atoms with Gasteiger partial charge in [0.2, 0.25) is 6.10 Å². The number of aryl methyl sites for hydroxylation is 2. The lowest BCUT2D eigenvalue weighted by atomic mass is 10.1. The number of ether oxygens (including phenoxy) is 2. The smallest absolute Gasteiger partial charge is 0.447 e. The van der Waals surface area contributed by atoms with Crippen LogP contribution in [0.5, 0.6) is 0 Å². The lowest BCUT2D eigenvalue weighted by molar-refractivity contribution is -0.162. The van der Waals surface area contributed by atoms with Crippen LogP contribution >= 0.6 is 0 Å². The van der Waals surface area contributed by atoms with Gasteiger partial charge in [0, 0.05) is 35.6 Å². The number of fused-ring (bicyclic) bond motifs is 1. The summed E-state index contributed by atoms with van der Waals surface area (Å²) in [5.41, 5.74) is 1.46. The van der Waals surface area contributed by atoms with Crippen LogP contribution in [0.3, 0.4) is 0 Å². The standard InChI is InChI=1S/C22H22F3N5O4/c1-13-16(14(2)30-21(26-13)27-20(28-30)22(23,24)25)12-17(31)34-18(15-6-4-3-5-7-15)19(32)29-8-10-33-11-9-29/h3-7,18H,8-12H2,1-2H3/t18-/m0/s1. The maximum Gasteiger partial charge on any atom is 0.453 e. The Bertz CT molecular complexity index is 1210. The molecule has 0 aliphatic carbocycles. The third kappa shape index (κ3) is 4.86. The van der Waals surface area contributed by atoms with E-state index < -0.39 is 24.1 Å². The fraction of sp³-hybridized carbons (Fsp3) is 0.409. The molecule has 34 heavy (non-hydrogen) atoms. The SMILES string of the molecule is Cc1nc2nc(C(F)(F)F)nn2c(C)c1CC(=O)O[C@H](C(=O)N1CCOCC1)c1ccccc1. The highest BCUT2D eigenvalue weighted by Crippen LogP contribution is 2.27. The van der Waals surface area contributed by atoms with Gasteiger partial charge in [-0.05, 0) is 13.8 Å². The van der Waals surface area contributed by atoms with Gasteiger partial charge in [0.1, 0.15) is 0 Å². The molecule has 1 fully saturated rings. The number of carbonyl (C=O) groups is 2. The lowest BCUT2D eigenvalue weighted by Crippen LogP contribution is -2.44. The van der Waals surface area contributed by atoms with E-state index in [1.54, 1.807) is 42.2 Å². The first-order chi connectivity index (χ1) is 16.1. The monoisotopic (exact) mass is 477 g/mol. The molecule has 1 atom stereocenters. The van der Waals surface area contributed by atoms with Crippen molar-refractivity contribution in [1.29, 1.82) is 0 Å². The third-order valence-electron chi connectivity index (χ3n) is 5.52. The Morgan fingerprint density at radius 2 is 1.79 bits per heavy atom. The molecule has 0 bridgehead atoms. The zero-order valence-corrected chi connectivity index (χ0v) is 18.5. The van der Waals surface area contributed by atoms with Crippen LogP contribution < -0.4 is 0 Å². The summed E-state index contributed by atoms with van der Waals surface area (Å²) in [6, 6.07) is 8.63. The minimum absolute atomic E-state index is 0.218. The van der Waals surface area contributed by atoms with E-state index in [-0.39, 0.29) is 23.8 Å². The van der Waals surface area contributed by atoms with E-state index in [0.29, 0.717) is 43.1 Å². The van der Waals surface area contributed by atoms with Crippen molar-refractivity contribution < 1.29 is 32.2 Å². The molecule has 1 aromatic carbocycles. The summed E-state index contributed by atoms with van der Waals surface area (Å²) in [5, 5.41) is 3.48. The molecule has 180 valence electrons. The highest BCUT2D eigenvalue weighted by Gasteiger charge is 2.37. The Hall–Kier alpha value is -3.54. The Morgan fingerprint density at radius 3 is 2.44 bits per heavy atom. The maximum absolute atomic E-state index is 13.1. The van der Waals surface area contributed by atoms with E-state index in [0.717, 1.165) is 4.52 Å². The average Bonchev–Trinajstić information content (AvgIpc) is 3.26. The van der Waals surface area contributed by atoms with Gasteiger partial charge in [0.15, 0.2) is 0 Å². The molecule has 1 aliphatic heterocycles. The molecule has 3 heterocycles. The number of nitrogens with zero attached hydrogens (tertiary/aromatic N) is 5. The number of amides is 1. The molecule has 0 radical (unpaired) electrons. The topological polar surface area (TPSA) is 98.9 Å². The average molecular weight is 477 g/mol. The van der Waals surface area contributed by atoms with Crippen LogP contribution in [-0.4, -0.2) is 62.7 Å². The number of hydrogen-bond donors (Lipinski definition) is 0. The molecule has 0 spiro atoms. The first kappa shape index (κ1) is 23.6. The molecule has 12 heteroatoms. The molecular weight excluding hydrogens is 455 g/mol. The lowest BCUT2D eigenvalue weighted by Gasteiger charge is -2.30. The van der Waals surface area contributed by atoms with E-state index in [9.17, 15) is 22.8 Å². The van der Waals surface area contributed by atoms with Crippen LogP contribution in [-0.2, 0) is 31.7 Å². The summed E-state index contributed by atoms with van der Waals surface area (Å²) < 4.78 is 50.9. The predicted molar refractivity (Wildman–Crippen MR) is 112 cm³/mol. The Kier molecular flexibility index (Phi) is 6.51. The molecule has 0 saturated carbocycles. The van der Waals surface area contributed by atoms with Crippen LogP contribution in [0, 0.1) is 13.8 Å². The quantitative estimate of drug-likeness (QED) is 0.521. The first-order valence-electron chi connectivity index (χ1n) is 10.6. The normalized spacial score (nSPS) is 15.4. The Labute approximate surface area is 192 Å². The van der Waals surface area contributed by atoms with Gasteiger partial charge < -0.3 is 14.4 Å². The van der Waals surface area contributed by atoms with Crippen LogP contribution in [0.4, 0.5) is 13.2 Å². The van der Waals surface area contributed by atoms with Crippen molar-refractivity contribution in [3.8, 4) is 0 Å². The van der Waals surface area contributed by atoms with Crippen molar-refractivity contribution in [2.24, 2.45) is 0 Å². The second kappa shape index (κ2) is 9.37. The van der Waals surface area contributed by atoms with Crippen LogP contribution in [0.2, 0.25) is 0 Å².